The third-order valence-corrected chi connectivity index (χ3v) is 4.84. The fourth-order valence-corrected chi connectivity index (χ4v) is 3.97. The smallest absolute Gasteiger partial charge is 0.143 e. The summed E-state index contributed by atoms with van der Waals surface area (Å²) in [6.45, 7) is 4.05. The van der Waals surface area contributed by atoms with E-state index in [4.69, 9.17) is 9.84 Å². The Hall–Kier alpha value is -0.410. The van der Waals surface area contributed by atoms with Crippen LogP contribution in [0.2, 0.25) is 0 Å². The van der Waals surface area contributed by atoms with E-state index in [1.807, 2.05) is 6.92 Å². The van der Waals surface area contributed by atoms with Gasteiger partial charge in [-0.1, -0.05) is 6.92 Å². The molecule has 2 aliphatic rings. The zero-order valence-electron chi connectivity index (χ0n) is 10.2. The van der Waals surface area contributed by atoms with Crippen LogP contribution < -0.4 is 0 Å². The van der Waals surface area contributed by atoms with Crippen molar-refractivity contribution in [3.05, 3.63) is 0 Å². The number of hydrogen-bond donors (Lipinski definition) is 1. The highest BCUT2D eigenvalue weighted by Crippen LogP contribution is 2.55. The van der Waals surface area contributed by atoms with Crippen LogP contribution in [0.15, 0.2) is 0 Å². The molecule has 4 atom stereocenters. The van der Waals surface area contributed by atoms with Crippen molar-refractivity contribution in [3.8, 4) is 0 Å². The summed E-state index contributed by atoms with van der Waals surface area (Å²) < 4.78 is 5.32. The summed E-state index contributed by atoms with van der Waals surface area (Å²) in [6.07, 6.45) is 5.06. The first-order chi connectivity index (χ1) is 7.59. The second-order valence-corrected chi connectivity index (χ2v) is 5.56. The number of aliphatic hydroxyl groups excluding tert-OH is 1. The molecule has 2 saturated carbocycles. The zero-order valence-corrected chi connectivity index (χ0v) is 10.2. The van der Waals surface area contributed by atoms with Crippen molar-refractivity contribution >= 4 is 5.78 Å². The van der Waals surface area contributed by atoms with Crippen molar-refractivity contribution in [2.45, 2.75) is 52.1 Å². The number of rotatable bonds is 3. The Morgan fingerprint density at radius 2 is 2.31 bits per heavy atom. The van der Waals surface area contributed by atoms with Crippen LogP contribution in [0.4, 0.5) is 0 Å². The van der Waals surface area contributed by atoms with Gasteiger partial charge in [0.2, 0.25) is 0 Å². The molecule has 3 nitrogen and oxygen atoms in total. The molecule has 0 heterocycles. The largest absolute Gasteiger partial charge is 0.371 e. The van der Waals surface area contributed by atoms with E-state index in [1.165, 1.54) is 0 Å². The van der Waals surface area contributed by atoms with Gasteiger partial charge in [-0.15, -0.1) is 0 Å². The molecular formula is C13H22O3. The predicted molar refractivity (Wildman–Crippen MR) is 60.8 cm³/mol. The summed E-state index contributed by atoms with van der Waals surface area (Å²) in [5.74, 6) is 1.12. The highest BCUT2D eigenvalue weighted by Gasteiger charge is 2.52. The van der Waals surface area contributed by atoms with Crippen molar-refractivity contribution in [3.63, 3.8) is 0 Å². The average molecular weight is 226 g/mol. The Balaban J connectivity index is 2.14. The monoisotopic (exact) mass is 226 g/mol. The summed E-state index contributed by atoms with van der Waals surface area (Å²) >= 11 is 0. The Labute approximate surface area is 97.2 Å². The maximum Gasteiger partial charge on any atom is 0.143 e. The summed E-state index contributed by atoms with van der Waals surface area (Å²) in [6, 6.07) is 0. The van der Waals surface area contributed by atoms with E-state index >= 15 is 0 Å². The Morgan fingerprint density at radius 1 is 1.56 bits per heavy atom. The normalized spacial score (nSPS) is 40.8. The molecule has 2 rings (SSSR count). The van der Waals surface area contributed by atoms with E-state index in [2.05, 4.69) is 6.92 Å². The number of aliphatic hydroxyl groups is 1. The topological polar surface area (TPSA) is 46.5 Å². The van der Waals surface area contributed by atoms with Gasteiger partial charge in [0.1, 0.15) is 12.6 Å². The number of ether oxygens (including phenoxy) is 1. The first-order valence-electron chi connectivity index (χ1n) is 6.35. The Bertz CT molecular complexity index is 276. The third kappa shape index (κ3) is 1.80. The van der Waals surface area contributed by atoms with Crippen LogP contribution in [-0.4, -0.2) is 23.8 Å². The molecule has 0 aliphatic heterocycles. The van der Waals surface area contributed by atoms with E-state index in [-0.39, 0.29) is 24.2 Å². The number of hydrogen-bond acceptors (Lipinski definition) is 3. The molecule has 0 aromatic carbocycles. The Kier molecular flexibility index (Phi) is 3.36. The van der Waals surface area contributed by atoms with Gasteiger partial charge in [-0.25, -0.2) is 0 Å². The van der Waals surface area contributed by atoms with Gasteiger partial charge >= 0.3 is 0 Å². The molecular weight excluding hydrogens is 204 g/mol. The van der Waals surface area contributed by atoms with Crippen molar-refractivity contribution in [2.75, 3.05) is 6.79 Å². The lowest BCUT2D eigenvalue weighted by Gasteiger charge is -2.41. The summed E-state index contributed by atoms with van der Waals surface area (Å²) in [4.78, 5) is 11.9. The quantitative estimate of drug-likeness (QED) is 0.750. The summed E-state index contributed by atoms with van der Waals surface area (Å²) in [5, 5.41) is 8.84. The van der Waals surface area contributed by atoms with Crippen molar-refractivity contribution in [1.82, 2.24) is 0 Å². The highest BCUT2D eigenvalue weighted by atomic mass is 16.6. The van der Waals surface area contributed by atoms with Crippen LogP contribution in [0.3, 0.4) is 0 Å². The predicted octanol–water partition coefficient (Wildman–Crippen LogP) is 2.13. The van der Waals surface area contributed by atoms with Crippen LogP contribution in [-0.2, 0) is 9.53 Å². The minimum atomic E-state index is -0.216. The lowest BCUT2D eigenvalue weighted by atomic mass is 9.64. The lowest BCUT2D eigenvalue weighted by molar-refractivity contribution is -0.133. The second-order valence-electron chi connectivity index (χ2n) is 5.56. The third-order valence-electron chi connectivity index (χ3n) is 4.84. The van der Waals surface area contributed by atoms with Gasteiger partial charge in [0.15, 0.2) is 0 Å². The minimum Gasteiger partial charge on any atom is -0.371 e. The van der Waals surface area contributed by atoms with Gasteiger partial charge in [-0.05, 0) is 43.9 Å². The number of carbonyl (C=O) groups excluding carboxylic acids is 1. The SMILES string of the molecule is C[C@H](OCO)[C@H]1CCC2C(=O)CCC[C@@]21C. The molecule has 16 heavy (non-hydrogen) atoms. The molecule has 2 fully saturated rings. The van der Waals surface area contributed by atoms with Crippen LogP contribution in [0.1, 0.15) is 46.0 Å². The molecule has 0 aromatic heterocycles. The lowest BCUT2D eigenvalue weighted by Crippen LogP contribution is -2.41. The molecule has 1 unspecified atom stereocenters. The maximum absolute atomic E-state index is 11.9. The number of ketones is 1. The van der Waals surface area contributed by atoms with Gasteiger partial charge in [-0.3, -0.25) is 4.79 Å². The molecule has 0 saturated heterocycles. The van der Waals surface area contributed by atoms with E-state index in [0.29, 0.717) is 11.7 Å². The van der Waals surface area contributed by atoms with E-state index in [0.717, 1.165) is 32.1 Å². The minimum absolute atomic E-state index is 0.0610. The number of Topliss-reactive ketones (excluding diaryl/α,β-unsaturated/α-hetero) is 1. The van der Waals surface area contributed by atoms with Crippen molar-refractivity contribution in [1.29, 1.82) is 0 Å². The summed E-state index contributed by atoms with van der Waals surface area (Å²) in [7, 11) is 0. The van der Waals surface area contributed by atoms with Gasteiger partial charge in [0.05, 0.1) is 6.10 Å². The molecule has 1 N–H and O–H groups in total. The first kappa shape index (κ1) is 12.1. The molecule has 0 bridgehead atoms. The molecule has 92 valence electrons. The zero-order chi connectivity index (χ0) is 11.8. The van der Waals surface area contributed by atoms with Gasteiger partial charge in [0, 0.05) is 12.3 Å². The maximum atomic E-state index is 11.9. The van der Waals surface area contributed by atoms with E-state index in [1.54, 1.807) is 0 Å². The number of carbonyl (C=O) groups is 1. The molecule has 2 aliphatic carbocycles. The van der Waals surface area contributed by atoms with Crippen LogP contribution in [0.5, 0.6) is 0 Å². The molecule has 0 amide bonds. The fourth-order valence-electron chi connectivity index (χ4n) is 3.97. The second kappa shape index (κ2) is 4.46. The molecule has 3 heteroatoms. The molecule has 0 aromatic rings. The number of fused-ring (bicyclic) bond motifs is 1. The van der Waals surface area contributed by atoms with Crippen LogP contribution >= 0.6 is 0 Å². The summed E-state index contributed by atoms with van der Waals surface area (Å²) in [5.41, 5.74) is 0.115. The van der Waals surface area contributed by atoms with Gasteiger partial charge in [-0.2, -0.15) is 0 Å². The standard InChI is InChI=1S/C13H22O3/c1-9(16-8-14)10-5-6-11-12(15)4-3-7-13(10,11)2/h9-11,14H,3-8H2,1-2H3/t9-,10+,11?,13+/m0/s1. The fraction of sp³-hybridized carbons (Fsp3) is 0.923. The van der Waals surface area contributed by atoms with E-state index < -0.39 is 0 Å². The Morgan fingerprint density at radius 3 is 3.00 bits per heavy atom. The van der Waals surface area contributed by atoms with Crippen molar-refractivity contribution < 1.29 is 14.6 Å². The highest BCUT2D eigenvalue weighted by molar-refractivity contribution is 5.83. The van der Waals surface area contributed by atoms with Crippen LogP contribution in [0.25, 0.3) is 0 Å². The van der Waals surface area contributed by atoms with Crippen molar-refractivity contribution in [2.24, 2.45) is 17.3 Å². The molecule has 0 spiro atoms. The van der Waals surface area contributed by atoms with Gasteiger partial charge < -0.3 is 9.84 Å². The molecule has 0 radical (unpaired) electrons. The van der Waals surface area contributed by atoms with E-state index in [9.17, 15) is 4.79 Å². The average Bonchev–Trinajstić information content (AvgIpc) is 2.57. The van der Waals surface area contributed by atoms with Gasteiger partial charge in [0.25, 0.3) is 0 Å². The van der Waals surface area contributed by atoms with Crippen LogP contribution in [0, 0.1) is 17.3 Å². The first-order valence-corrected chi connectivity index (χ1v) is 6.35.